The summed E-state index contributed by atoms with van der Waals surface area (Å²) in [6, 6.07) is 0.620. The number of carboxylic acid groups (broad SMARTS) is 1. The lowest BCUT2D eigenvalue weighted by Crippen LogP contribution is -2.41. The van der Waals surface area contributed by atoms with Crippen LogP contribution in [0.5, 0.6) is 0 Å². The van der Waals surface area contributed by atoms with Crippen molar-refractivity contribution in [2.24, 2.45) is 0 Å². The maximum atomic E-state index is 10.7. The van der Waals surface area contributed by atoms with Crippen LogP contribution < -0.4 is 0 Å². The maximum Gasteiger partial charge on any atom is 0.304 e. The molecule has 3 nitrogen and oxygen atoms in total. The molecule has 0 aliphatic heterocycles. The van der Waals surface area contributed by atoms with E-state index < -0.39 is 5.97 Å². The highest BCUT2D eigenvalue weighted by Gasteiger charge is 2.20. The van der Waals surface area contributed by atoms with Gasteiger partial charge in [0.25, 0.3) is 0 Å². The molecule has 15 heavy (non-hydrogen) atoms. The van der Waals surface area contributed by atoms with Crippen molar-refractivity contribution in [3.05, 3.63) is 0 Å². The molecule has 2 unspecified atom stereocenters. The highest BCUT2D eigenvalue weighted by Crippen LogP contribution is 2.13. The van der Waals surface area contributed by atoms with E-state index in [0.29, 0.717) is 6.04 Å². The predicted molar refractivity (Wildman–Crippen MR) is 63.1 cm³/mol. The van der Waals surface area contributed by atoms with Gasteiger partial charge in [-0.1, -0.05) is 20.3 Å². The monoisotopic (exact) mass is 215 g/mol. The molecule has 0 bridgehead atoms. The number of carbonyl (C=O) groups is 1. The van der Waals surface area contributed by atoms with Gasteiger partial charge in [0.15, 0.2) is 0 Å². The van der Waals surface area contributed by atoms with Gasteiger partial charge in [-0.05, 0) is 33.2 Å². The first-order chi connectivity index (χ1) is 7.02. The summed E-state index contributed by atoms with van der Waals surface area (Å²) in [7, 11) is 0. The molecule has 0 saturated heterocycles. The van der Waals surface area contributed by atoms with Crippen LogP contribution in [0, 0.1) is 0 Å². The lowest BCUT2D eigenvalue weighted by atomic mass is 10.1. The van der Waals surface area contributed by atoms with E-state index in [9.17, 15) is 4.79 Å². The molecular formula is C12H25NO2. The number of hydrogen-bond acceptors (Lipinski definition) is 2. The van der Waals surface area contributed by atoms with Crippen LogP contribution in [-0.2, 0) is 4.79 Å². The number of carboxylic acids is 1. The summed E-state index contributed by atoms with van der Waals surface area (Å²) in [6.07, 6.45) is 3.63. The molecule has 0 saturated carbocycles. The molecule has 0 aromatic heterocycles. The van der Waals surface area contributed by atoms with E-state index in [1.165, 1.54) is 0 Å². The SMILES string of the molecule is CCCCN(C(C)CC)C(C)CC(=O)O. The number of hydrogen-bond donors (Lipinski definition) is 1. The molecule has 0 rings (SSSR count). The van der Waals surface area contributed by atoms with Crippen molar-refractivity contribution in [2.75, 3.05) is 6.54 Å². The molecule has 0 aromatic rings. The van der Waals surface area contributed by atoms with Crippen molar-refractivity contribution in [3.8, 4) is 0 Å². The third-order valence-corrected chi connectivity index (χ3v) is 2.96. The second kappa shape index (κ2) is 7.69. The number of rotatable bonds is 8. The van der Waals surface area contributed by atoms with E-state index in [0.717, 1.165) is 25.8 Å². The van der Waals surface area contributed by atoms with E-state index in [1.54, 1.807) is 0 Å². The van der Waals surface area contributed by atoms with Crippen LogP contribution in [0.2, 0.25) is 0 Å². The van der Waals surface area contributed by atoms with Gasteiger partial charge in [0.05, 0.1) is 6.42 Å². The molecule has 0 aliphatic carbocycles. The zero-order chi connectivity index (χ0) is 11.8. The van der Waals surface area contributed by atoms with E-state index in [1.807, 2.05) is 6.92 Å². The van der Waals surface area contributed by atoms with Gasteiger partial charge >= 0.3 is 5.97 Å². The van der Waals surface area contributed by atoms with Gasteiger partial charge in [0.2, 0.25) is 0 Å². The van der Waals surface area contributed by atoms with E-state index >= 15 is 0 Å². The Morgan fingerprint density at radius 2 is 1.87 bits per heavy atom. The Kier molecular flexibility index (Phi) is 7.39. The normalized spacial score (nSPS) is 15.3. The summed E-state index contributed by atoms with van der Waals surface area (Å²) in [4.78, 5) is 13.0. The third kappa shape index (κ3) is 5.78. The first kappa shape index (κ1) is 14.4. The zero-order valence-electron chi connectivity index (χ0n) is 10.5. The highest BCUT2D eigenvalue weighted by molar-refractivity contribution is 5.67. The second-order valence-electron chi connectivity index (χ2n) is 4.30. The predicted octanol–water partition coefficient (Wildman–Crippen LogP) is 2.75. The van der Waals surface area contributed by atoms with Crippen LogP contribution in [0.1, 0.15) is 53.4 Å². The summed E-state index contributed by atoms with van der Waals surface area (Å²) in [5, 5.41) is 8.79. The molecule has 0 heterocycles. The maximum absolute atomic E-state index is 10.7. The van der Waals surface area contributed by atoms with Crippen LogP contribution in [0.4, 0.5) is 0 Å². The lowest BCUT2D eigenvalue weighted by Gasteiger charge is -2.33. The Labute approximate surface area is 93.5 Å². The van der Waals surface area contributed by atoms with E-state index in [2.05, 4.69) is 25.7 Å². The fourth-order valence-electron chi connectivity index (χ4n) is 1.82. The van der Waals surface area contributed by atoms with Crippen molar-refractivity contribution in [1.82, 2.24) is 4.90 Å². The quantitative estimate of drug-likeness (QED) is 0.677. The third-order valence-electron chi connectivity index (χ3n) is 2.96. The minimum atomic E-state index is -0.702. The van der Waals surface area contributed by atoms with Crippen molar-refractivity contribution in [3.63, 3.8) is 0 Å². The summed E-state index contributed by atoms with van der Waals surface area (Å²) in [5.74, 6) is -0.702. The number of aliphatic carboxylic acids is 1. The first-order valence-corrected chi connectivity index (χ1v) is 6.00. The van der Waals surface area contributed by atoms with Crippen molar-refractivity contribution in [1.29, 1.82) is 0 Å². The number of nitrogens with zero attached hydrogens (tertiary/aromatic N) is 1. The molecule has 0 aliphatic rings. The van der Waals surface area contributed by atoms with Crippen molar-refractivity contribution < 1.29 is 9.90 Å². The molecule has 3 heteroatoms. The molecule has 2 atom stereocenters. The van der Waals surface area contributed by atoms with Gasteiger partial charge in [0.1, 0.15) is 0 Å². The van der Waals surface area contributed by atoms with Crippen LogP contribution in [0.25, 0.3) is 0 Å². The Morgan fingerprint density at radius 3 is 2.27 bits per heavy atom. The minimum absolute atomic E-state index is 0.143. The Morgan fingerprint density at radius 1 is 1.27 bits per heavy atom. The van der Waals surface area contributed by atoms with Crippen LogP contribution in [0.15, 0.2) is 0 Å². The summed E-state index contributed by atoms with van der Waals surface area (Å²) >= 11 is 0. The molecule has 1 N–H and O–H groups in total. The van der Waals surface area contributed by atoms with Crippen LogP contribution in [-0.4, -0.2) is 34.6 Å². The Balaban J connectivity index is 4.25. The highest BCUT2D eigenvalue weighted by atomic mass is 16.4. The summed E-state index contributed by atoms with van der Waals surface area (Å²) < 4.78 is 0. The topological polar surface area (TPSA) is 40.5 Å². The zero-order valence-corrected chi connectivity index (χ0v) is 10.5. The Hall–Kier alpha value is -0.570. The van der Waals surface area contributed by atoms with E-state index in [4.69, 9.17) is 5.11 Å². The first-order valence-electron chi connectivity index (χ1n) is 6.00. The molecule has 90 valence electrons. The fraction of sp³-hybridized carbons (Fsp3) is 0.917. The van der Waals surface area contributed by atoms with Crippen LogP contribution in [0.3, 0.4) is 0 Å². The average Bonchev–Trinajstić information content (AvgIpc) is 2.16. The second-order valence-corrected chi connectivity index (χ2v) is 4.30. The summed E-state index contributed by atoms with van der Waals surface area (Å²) in [6.45, 7) is 9.51. The Bertz CT molecular complexity index is 182. The van der Waals surface area contributed by atoms with Crippen LogP contribution >= 0.6 is 0 Å². The fourth-order valence-corrected chi connectivity index (χ4v) is 1.82. The molecule has 0 amide bonds. The average molecular weight is 215 g/mol. The van der Waals surface area contributed by atoms with Gasteiger partial charge < -0.3 is 5.11 Å². The standard InChI is InChI=1S/C12H25NO2/c1-5-7-8-13(10(3)6-2)11(4)9-12(14)15/h10-11H,5-9H2,1-4H3,(H,14,15). The van der Waals surface area contributed by atoms with Gasteiger partial charge in [-0.3, -0.25) is 9.69 Å². The molecular weight excluding hydrogens is 190 g/mol. The van der Waals surface area contributed by atoms with Crippen molar-refractivity contribution >= 4 is 5.97 Å². The lowest BCUT2D eigenvalue weighted by molar-refractivity contribution is -0.138. The number of unbranched alkanes of at least 4 members (excludes halogenated alkanes) is 1. The largest absolute Gasteiger partial charge is 0.481 e. The van der Waals surface area contributed by atoms with Gasteiger partial charge in [-0.2, -0.15) is 0 Å². The van der Waals surface area contributed by atoms with Gasteiger partial charge in [-0.15, -0.1) is 0 Å². The molecule has 0 fully saturated rings. The van der Waals surface area contributed by atoms with Crippen molar-refractivity contribution in [2.45, 2.75) is 65.5 Å². The smallest absolute Gasteiger partial charge is 0.304 e. The van der Waals surface area contributed by atoms with Gasteiger partial charge in [-0.25, -0.2) is 0 Å². The molecule has 0 radical (unpaired) electrons. The van der Waals surface area contributed by atoms with Gasteiger partial charge in [0, 0.05) is 12.1 Å². The summed E-state index contributed by atoms with van der Waals surface area (Å²) in [5.41, 5.74) is 0. The minimum Gasteiger partial charge on any atom is -0.481 e. The molecule has 0 aromatic carbocycles. The molecule has 0 spiro atoms. The van der Waals surface area contributed by atoms with E-state index in [-0.39, 0.29) is 12.5 Å².